The maximum absolute atomic E-state index is 12.8. The van der Waals surface area contributed by atoms with Gasteiger partial charge in [0.05, 0.1) is 30.1 Å². The summed E-state index contributed by atoms with van der Waals surface area (Å²) in [7, 11) is 0. The van der Waals surface area contributed by atoms with E-state index in [0.29, 0.717) is 13.1 Å². The van der Waals surface area contributed by atoms with Gasteiger partial charge in [0.15, 0.2) is 0 Å². The average molecular weight is 768 g/mol. The van der Waals surface area contributed by atoms with Crippen LogP contribution in [0.25, 0.3) is 0 Å². The van der Waals surface area contributed by atoms with Gasteiger partial charge in [0.25, 0.3) is 0 Å². The SMILES string of the molecule is CC(C)(C)OC(=O)C[C@H](CNC(=O)C(C)(C)CC(=O)OCc1ccccc1)C(C)(C)C.CC(C)(CC(=O)OCc1ccccc1)C(=O)NC[C@@H](N)C(C)(C)C. The van der Waals surface area contributed by atoms with Gasteiger partial charge < -0.3 is 30.6 Å². The predicted octanol–water partition coefficient (Wildman–Crippen LogP) is 7.29. The number of carbonyl (C=O) groups is 5. The molecule has 0 saturated carbocycles. The second-order valence-corrected chi connectivity index (χ2v) is 18.7. The second-order valence-electron chi connectivity index (χ2n) is 18.7. The zero-order valence-corrected chi connectivity index (χ0v) is 35.7. The minimum atomic E-state index is -0.928. The summed E-state index contributed by atoms with van der Waals surface area (Å²) in [6.45, 7) is 25.6. The van der Waals surface area contributed by atoms with Gasteiger partial charge >= 0.3 is 17.9 Å². The van der Waals surface area contributed by atoms with Crippen molar-refractivity contribution in [1.29, 1.82) is 0 Å². The van der Waals surface area contributed by atoms with Crippen LogP contribution >= 0.6 is 0 Å². The van der Waals surface area contributed by atoms with Gasteiger partial charge in [0.1, 0.15) is 18.8 Å². The van der Waals surface area contributed by atoms with E-state index in [9.17, 15) is 24.0 Å². The quantitative estimate of drug-likeness (QED) is 0.118. The summed E-state index contributed by atoms with van der Waals surface area (Å²) < 4.78 is 16.0. The Morgan fingerprint density at radius 1 is 0.564 bits per heavy atom. The molecule has 0 fully saturated rings. The lowest BCUT2D eigenvalue weighted by molar-refractivity contribution is -0.157. The Morgan fingerprint density at radius 2 is 0.945 bits per heavy atom. The molecule has 2 aromatic rings. The highest BCUT2D eigenvalue weighted by molar-refractivity contribution is 5.87. The molecule has 308 valence electrons. The molecule has 11 nitrogen and oxygen atoms in total. The Balaban J connectivity index is 0.000000568. The van der Waals surface area contributed by atoms with Gasteiger partial charge in [-0.25, -0.2) is 0 Å². The first-order valence-corrected chi connectivity index (χ1v) is 19.1. The molecule has 11 heteroatoms. The number of benzene rings is 2. The second kappa shape index (κ2) is 21.2. The van der Waals surface area contributed by atoms with E-state index in [1.165, 1.54) is 0 Å². The molecule has 4 N–H and O–H groups in total. The zero-order valence-electron chi connectivity index (χ0n) is 35.7. The summed E-state index contributed by atoms with van der Waals surface area (Å²) in [6, 6.07) is 18.7. The first kappa shape index (κ1) is 48.8. The largest absolute Gasteiger partial charge is 0.461 e. The molecule has 0 aliphatic heterocycles. The number of esters is 3. The smallest absolute Gasteiger partial charge is 0.307 e. The van der Waals surface area contributed by atoms with Gasteiger partial charge in [-0.05, 0) is 48.6 Å². The molecule has 0 aromatic heterocycles. The van der Waals surface area contributed by atoms with E-state index in [1.54, 1.807) is 27.7 Å². The molecule has 0 unspecified atom stereocenters. The van der Waals surface area contributed by atoms with Crippen LogP contribution in [0.2, 0.25) is 0 Å². The van der Waals surface area contributed by atoms with Crippen LogP contribution in [0, 0.1) is 27.6 Å². The molecule has 0 saturated heterocycles. The van der Waals surface area contributed by atoms with Gasteiger partial charge in [0.2, 0.25) is 11.8 Å². The van der Waals surface area contributed by atoms with Crippen molar-refractivity contribution in [3.05, 3.63) is 71.8 Å². The molecule has 2 rings (SSSR count). The van der Waals surface area contributed by atoms with Crippen LogP contribution in [0.4, 0.5) is 0 Å². The van der Waals surface area contributed by atoms with Gasteiger partial charge in [-0.15, -0.1) is 0 Å². The molecule has 2 atom stereocenters. The fourth-order valence-electron chi connectivity index (χ4n) is 4.93. The summed E-state index contributed by atoms with van der Waals surface area (Å²) >= 11 is 0. The van der Waals surface area contributed by atoms with Crippen LogP contribution < -0.4 is 16.4 Å². The average Bonchev–Trinajstić information content (AvgIpc) is 3.06. The van der Waals surface area contributed by atoms with Gasteiger partial charge in [-0.2, -0.15) is 0 Å². The molecule has 0 aliphatic carbocycles. The fourth-order valence-corrected chi connectivity index (χ4v) is 4.93. The number of rotatable bonds is 16. The minimum Gasteiger partial charge on any atom is -0.461 e. The number of hydrogen-bond donors (Lipinski definition) is 3. The van der Waals surface area contributed by atoms with E-state index in [0.717, 1.165) is 11.1 Å². The standard InChI is InChI=1S/C25H39NO5.C19H30N2O3/c1-23(2,3)19(14-20(27)31-24(4,5)6)16-26-22(29)25(7,8)15-21(28)30-17-18-12-10-9-11-13-18;1-18(2,3)15(20)12-21-17(23)19(4,5)11-16(22)24-13-14-9-7-6-8-10-14/h9-13,19H,14-17H2,1-8H3,(H,26,29);6-10,15H,11-13,20H2,1-5H3,(H,21,23)/t19-;15-/m11/s1. The number of ether oxygens (including phenoxy) is 3. The third-order valence-corrected chi connectivity index (χ3v) is 9.05. The molecule has 0 spiro atoms. The first-order chi connectivity index (χ1) is 25.1. The lowest BCUT2D eigenvalue weighted by atomic mass is 9.78. The molecular weight excluding hydrogens is 698 g/mol. The third-order valence-electron chi connectivity index (χ3n) is 9.05. The Bertz CT molecular complexity index is 1520. The Hall–Kier alpha value is -4.25. The normalized spacial score (nSPS) is 13.3. The molecule has 2 aromatic carbocycles. The number of hydrogen-bond acceptors (Lipinski definition) is 9. The fraction of sp³-hybridized carbons (Fsp3) is 0.614. The van der Waals surface area contributed by atoms with Gasteiger partial charge in [-0.1, -0.05) is 130 Å². The summed E-state index contributed by atoms with van der Waals surface area (Å²) in [5.74, 6) is -1.65. The number of amides is 2. The first-order valence-electron chi connectivity index (χ1n) is 19.1. The van der Waals surface area contributed by atoms with Crippen LogP contribution in [0.5, 0.6) is 0 Å². The van der Waals surface area contributed by atoms with Crippen LogP contribution in [-0.2, 0) is 51.4 Å². The molecule has 55 heavy (non-hydrogen) atoms. The highest BCUT2D eigenvalue weighted by atomic mass is 16.6. The van der Waals surface area contributed by atoms with Crippen LogP contribution in [-0.4, -0.2) is 54.5 Å². The minimum absolute atomic E-state index is 0.0242. The highest BCUT2D eigenvalue weighted by Gasteiger charge is 2.35. The molecule has 0 bridgehead atoms. The van der Waals surface area contributed by atoms with Crippen LogP contribution in [0.1, 0.15) is 120 Å². The van der Waals surface area contributed by atoms with Crippen LogP contribution in [0.3, 0.4) is 0 Å². The molecular formula is C44H69N3O8. The van der Waals surface area contributed by atoms with Crippen molar-refractivity contribution in [2.45, 2.75) is 134 Å². The lowest BCUT2D eigenvalue weighted by Gasteiger charge is -2.32. The van der Waals surface area contributed by atoms with E-state index < -0.39 is 22.4 Å². The topological polar surface area (TPSA) is 163 Å². The van der Waals surface area contributed by atoms with Crippen molar-refractivity contribution in [3.63, 3.8) is 0 Å². The molecule has 2 amide bonds. The van der Waals surface area contributed by atoms with E-state index in [2.05, 4.69) is 10.6 Å². The number of nitrogens with two attached hydrogens (primary N) is 1. The van der Waals surface area contributed by atoms with Gasteiger partial charge in [0, 0.05) is 19.1 Å². The number of nitrogens with one attached hydrogen (secondary N) is 2. The van der Waals surface area contributed by atoms with E-state index >= 15 is 0 Å². The van der Waals surface area contributed by atoms with Crippen molar-refractivity contribution >= 4 is 29.7 Å². The molecule has 0 radical (unpaired) electrons. The van der Waals surface area contributed by atoms with Crippen molar-refractivity contribution in [2.75, 3.05) is 13.1 Å². The Kier molecular flexibility index (Phi) is 18.8. The predicted molar refractivity (Wildman–Crippen MR) is 216 cm³/mol. The Morgan fingerprint density at radius 3 is 1.29 bits per heavy atom. The third kappa shape index (κ3) is 20.3. The maximum atomic E-state index is 12.8. The summed E-state index contributed by atoms with van der Waals surface area (Å²) in [6.07, 6.45) is 0.203. The Labute approximate surface area is 330 Å². The van der Waals surface area contributed by atoms with Crippen molar-refractivity contribution in [2.24, 2.45) is 33.3 Å². The maximum Gasteiger partial charge on any atom is 0.307 e. The van der Waals surface area contributed by atoms with Crippen LogP contribution in [0.15, 0.2) is 60.7 Å². The monoisotopic (exact) mass is 768 g/mol. The number of carbonyl (C=O) groups excluding carboxylic acids is 5. The molecule has 0 heterocycles. The zero-order chi connectivity index (χ0) is 42.3. The van der Waals surface area contributed by atoms with E-state index in [4.69, 9.17) is 19.9 Å². The van der Waals surface area contributed by atoms with E-state index in [1.807, 2.05) is 123 Å². The lowest BCUT2D eigenvalue weighted by Crippen LogP contribution is -2.48. The summed E-state index contributed by atoms with van der Waals surface area (Å²) in [4.78, 5) is 61.7. The summed E-state index contributed by atoms with van der Waals surface area (Å²) in [5.41, 5.74) is 5.25. The summed E-state index contributed by atoms with van der Waals surface area (Å²) in [5, 5.41) is 5.76. The van der Waals surface area contributed by atoms with Crippen molar-refractivity contribution in [1.82, 2.24) is 10.6 Å². The van der Waals surface area contributed by atoms with Crippen molar-refractivity contribution in [3.8, 4) is 0 Å². The molecule has 0 aliphatic rings. The van der Waals surface area contributed by atoms with Crippen molar-refractivity contribution < 1.29 is 38.2 Å². The van der Waals surface area contributed by atoms with E-state index in [-0.39, 0.29) is 79.0 Å². The highest BCUT2D eigenvalue weighted by Crippen LogP contribution is 2.30. The van der Waals surface area contributed by atoms with Gasteiger partial charge in [-0.3, -0.25) is 24.0 Å².